The number of rotatable bonds is 4. The molecule has 84 valence electrons. The first-order valence-corrected chi connectivity index (χ1v) is 5.07. The number of hydrogen-bond donors (Lipinski definition) is 2. The first-order valence-electron chi connectivity index (χ1n) is 5.07. The van der Waals surface area contributed by atoms with Crippen LogP contribution < -0.4 is 4.74 Å². The van der Waals surface area contributed by atoms with Gasteiger partial charge in [0.1, 0.15) is 11.9 Å². The maximum absolute atomic E-state index is 9.51. The lowest BCUT2D eigenvalue weighted by molar-refractivity contribution is 0.0955. The Morgan fingerprint density at radius 1 is 1.33 bits per heavy atom. The zero-order chi connectivity index (χ0) is 11.4. The third-order valence-corrected chi connectivity index (χ3v) is 2.43. The molecule has 0 aromatic heterocycles. The molecule has 0 amide bonds. The minimum atomic E-state index is -0.812. The van der Waals surface area contributed by atoms with Gasteiger partial charge in [-0.3, -0.25) is 0 Å². The summed E-state index contributed by atoms with van der Waals surface area (Å²) in [7, 11) is 1.63. The van der Waals surface area contributed by atoms with Crippen LogP contribution in [-0.2, 0) is 0 Å². The summed E-state index contributed by atoms with van der Waals surface area (Å²) in [5, 5.41) is 18.4. The molecule has 0 aliphatic carbocycles. The average molecular weight is 210 g/mol. The second-order valence-corrected chi connectivity index (χ2v) is 3.85. The molecule has 1 aromatic carbocycles. The predicted octanol–water partition coefficient (Wildman–Crippen LogP) is 1.84. The number of benzene rings is 1. The van der Waals surface area contributed by atoms with Gasteiger partial charge in [-0.15, -0.1) is 0 Å². The van der Waals surface area contributed by atoms with Gasteiger partial charge < -0.3 is 14.9 Å². The smallest absolute Gasteiger partial charge is 0.122 e. The van der Waals surface area contributed by atoms with E-state index in [1.807, 2.05) is 12.1 Å². The molecule has 2 N–H and O–H groups in total. The third kappa shape index (κ3) is 2.70. The van der Waals surface area contributed by atoms with E-state index in [4.69, 9.17) is 9.84 Å². The summed E-state index contributed by atoms with van der Waals surface area (Å²) in [5.41, 5.74) is 1.77. The van der Waals surface area contributed by atoms with Crippen LogP contribution in [-0.4, -0.2) is 23.9 Å². The van der Waals surface area contributed by atoms with Crippen LogP contribution in [0.15, 0.2) is 18.2 Å². The molecule has 1 rings (SSSR count). The first-order chi connectivity index (χ1) is 7.10. The van der Waals surface area contributed by atoms with E-state index in [9.17, 15) is 5.11 Å². The molecule has 1 atom stereocenters. The number of hydrogen-bond acceptors (Lipinski definition) is 3. The van der Waals surface area contributed by atoms with Crippen LogP contribution >= 0.6 is 0 Å². The van der Waals surface area contributed by atoms with Crippen molar-refractivity contribution >= 4 is 0 Å². The van der Waals surface area contributed by atoms with Crippen LogP contribution in [0.25, 0.3) is 0 Å². The molecule has 0 bridgehead atoms. The molecule has 0 aliphatic rings. The van der Waals surface area contributed by atoms with Crippen molar-refractivity contribution in [2.24, 2.45) is 0 Å². The Morgan fingerprint density at radius 3 is 2.47 bits per heavy atom. The molecule has 0 saturated heterocycles. The fraction of sp³-hybridized carbons (Fsp3) is 0.500. The Bertz CT molecular complexity index is 321. The van der Waals surface area contributed by atoms with E-state index in [0.29, 0.717) is 5.92 Å². The van der Waals surface area contributed by atoms with Gasteiger partial charge in [-0.2, -0.15) is 0 Å². The monoisotopic (exact) mass is 210 g/mol. The fourth-order valence-corrected chi connectivity index (χ4v) is 1.52. The van der Waals surface area contributed by atoms with E-state index in [2.05, 4.69) is 13.8 Å². The molecule has 0 saturated carbocycles. The summed E-state index contributed by atoms with van der Waals surface area (Å²) in [5.74, 6) is 1.14. The van der Waals surface area contributed by atoms with Gasteiger partial charge in [0.25, 0.3) is 0 Å². The fourth-order valence-electron chi connectivity index (χ4n) is 1.52. The summed E-state index contributed by atoms with van der Waals surface area (Å²) in [6.45, 7) is 3.86. The van der Waals surface area contributed by atoms with Crippen molar-refractivity contribution < 1.29 is 14.9 Å². The molecular formula is C12H18O3. The minimum Gasteiger partial charge on any atom is -0.496 e. The van der Waals surface area contributed by atoms with Crippen molar-refractivity contribution in [1.29, 1.82) is 0 Å². The van der Waals surface area contributed by atoms with Crippen molar-refractivity contribution in [2.45, 2.75) is 25.9 Å². The summed E-state index contributed by atoms with van der Waals surface area (Å²) in [6.07, 6.45) is -0.812. The lowest BCUT2D eigenvalue weighted by Gasteiger charge is -2.15. The van der Waals surface area contributed by atoms with Crippen molar-refractivity contribution in [1.82, 2.24) is 0 Å². The van der Waals surface area contributed by atoms with Gasteiger partial charge in [0.2, 0.25) is 0 Å². The predicted molar refractivity (Wildman–Crippen MR) is 59.1 cm³/mol. The summed E-state index contributed by atoms with van der Waals surface area (Å²) in [4.78, 5) is 0. The SMILES string of the molecule is COc1ccc(C(O)CO)cc1C(C)C. The molecule has 0 spiro atoms. The largest absolute Gasteiger partial charge is 0.496 e. The Kier molecular flexibility index (Phi) is 4.12. The molecule has 0 heterocycles. The van der Waals surface area contributed by atoms with Gasteiger partial charge in [-0.25, -0.2) is 0 Å². The highest BCUT2D eigenvalue weighted by atomic mass is 16.5. The van der Waals surface area contributed by atoms with Crippen molar-refractivity contribution in [3.05, 3.63) is 29.3 Å². The second-order valence-electron chi connectivity index (χ2n) is 3.85. The number of aliphatic hydroxyl groups is 2. The number of methoxy groups -OCH3 is 1. The highest BCUT2D eigenvalue weighted by Crippen LogP contribution is 2.29. The van der Waals surface area contributed by atoms with Crippen LogP contribution in [0.4, 0.5) is 0 Å². The van der Waals surface area contributed by atoms with Gasteiger partial charge in [-0.05, 0) is 29.2 Å². The van der Waals surface area contributed by atoms with Gasteiger partial charge in [0.15, 0.2) is 0 Å². The average Bonchev–Trinajstić information content (AvgIpc) is 2.27. The lowest BCUT2D eigenvalue weighted by atomic mass is 9.97. The van der Waals surface area contributed by atoms with E-state index in [-0.39, 0.29) is 6.61 Å². The second kappa shape index (κ2) is 5.14. The van der Waals surface area contributed by atoms with E-state index in [0.717, 1.165) is 16.9 Å². The topological polar surface area (TPSA) is 49.7 Å². The highest BCUT2D eigenvalue weighted by molar-refractivity contribution is 5.40. The maximum atomic E-state index is 9.51. The van der Waals surface area contributed by atoms with E-state index < -0.39 is 6.10 Å². The minimum absolute atomic E-state index is 0.260. The quantitative estimate of drug-likeness (QED) is 0.797. The van der Waals surface area contributed by atoms with Crippen molar-refractivity contribution in [3.63, 3.8) is 0 Å². The zero-order valence-corrected chi connectivity index (χ0v) is 9.40. The molecule has 1 aromatic rings. The molecule has 0 aliphatic heterocycles. The Morgan fingerprint density at radius 2 is 2.00 bits per heavy atom. The summed E-state index contributed by atoms with van der Waals surface area (Å²) >= 11 is 0. The van der Waals surface area contributed by atoms with Crippen LogP contribution in [0.5, 0.6) is 5.75 Å². The summed E-state index contributed by atoms with van der Waals surface area (Å²) < 4.78 is 5.23. The Balaban J connectivity index is 3.10. The molecule has 0 radical (unpaired) electrons. The standard InChI is InChI=1S/C12H18O3/c1-8(2)10-6-9(11(14)7-13)4-5-12(10)15-3/h4-6,8,11,13-14H,7H2,1-3H3. The molecule has 0 fully saturated rings. The van der Waals surface area contributed by atoms with Crippen LogP contribution in [0, 0.1) is 0 Å². The van der Waals surface area contributed by atoms with Gasteiger partial charge in [0.05, 0.1) is 13.7 Å². The third-order valence-electron chi connectivity index (χ3n) is 2.43. The molecule has 1 unspecified atom stereocenters. The zero-order valence-electron chi connectivity index (χ0n) is 9.40. The summed E-state index contributed by atoms with van der Waals surface area (Å²) in [6, 6.07) is 5.47. The van der Waals surface area contributed by atoms with Crippen molar-refractivity contribution in [3.8, 4) is 5.75 Å². The van der Waals surface area contributed by atoms with Gasteiger partial charge >= 0.3 is 0 Å². The van der Waals surface area contributed by atoms with Gasteiger partial charge in [0, 0.05) is 0 Å². The Labute approximate surface area is 90.3 Å². The van der Waals surface area contributed by atoms with Crippen molar-refractivity contribution in [2.75, 3.05) is 13.7 Å². The van der Waals surface area contributed by atoms with E-state index in [1.54, 1.807) is 13.2 Å². The first kappa shape index (κ1) is 12.0. The van der Waals surface area contributed by atoms with Crippen LogP contribution in [0.2, 0.25) is 0 Å². The molecule has 3 heteroatoms. The molecule has 3 nitrogen and oxygen atoms in total. The maximum Gasteiger partial charge on any atom is 0.122 e. The number of aliphatic hydroxyl groups excluding tert-OH is 2. The van der Waals surface area contributed by atoms with Gasteiger partial charge in [-0.1, -0.05) is 19.9 Å². The molecule has 15 heavy (non-hydrogen) atoms. The van der Waals surface area contributed by atoms with Crippen LogP contribution in [0.1, 0.15) is 37.0 Å². The van der Waals surface area contributed by atoms with E-state index in [1.165, 1.54) is 0 Å². The van der Waals surface area contributed by atoms with E-state index >= 15 is 0 Å². The number of ether oxygens (including phenoxy) is 1. The lowest BCUT2D eigenvalue weighted by Crippen LogP contribution is -2.04. The molecular weight excluding hydrogens is 192 g/mol. The highest BCUT2D eigenvalue weighted by Gasteiger charge is 2.12. The van der Waals surface area contributed by atoms with Crippen LogP contribution in [0.3, 0.4) is 0 Å². The normalized spacial score (nSPS) is 12.9. The Hall–Kier alpha value is -1.06.